The summed E-state index contributed by atoms with van der Waals surface area (Å²) in [7, 11) is 0. The van der Waals surface area contributed by atoms with E-state index in [1.54, 1.807) is 13.0 Å². The highest BCUT2D eigenvalue weighted by molar-refractivity contribution is 5.87. The molecule has 0 amide bonds. The highest BCUT2D eigenvalue weighted by Gasteiger charge is 2.16. The normalized spacial score (nSPS) is 18.4. The minimum Gasteiger partial charge on any atom is -0.396 e. The lowest BCUT2D eigenvalue weighted by atomic mass is 10.0. The first kappa shape index (κ1) is 27.1. The lowest BCUT2D eigenvalue weighted by Crippen LogP contribution is -2.33. The third kappa shape index (κ3) is 15.0. The highest BCUT2D eigenvalue weighted by Crippen LogP contribution is 2.16. The fourth-order valence-electron chi connectivity index (χ4n) is 3.98. The molecule has 1 saturated heterocycles. The smallest absolute Gasteiger partial charge is 0.158 e. The molecule has 0 aliphatic carbocycles. The van der Waals surface area contributed by atoms with Crippen LogP contribution in [0.4, 0.5) is 0 Å². The number of carbonyl (C=O) groups excluding carboxylic acids is 1. The van der Waals surface area contributed by atoms with Crippen LogP contribution < -0.4 is 5.32 Å². The Morgan fingerprint density at radius 3 is 2.30 bits per heavy atom. The van der Waals surface area contributed by atoms with Gasteiger partial charge < -0.3 is 19.9 Å². The molecule has 1 aliphatic heterocycles. The van der Waals surface area contributed by atoms with Gasteiger partial charge >= 0.3 is 0 Å². The maximum absolute atomic E-state index is 11.6. The Balaban J connectivity index is 2.27. The average Bonchev–Trinajstić information content (AvgIpc) is 2.73. The van der Waals surface area contributed by atoms with Crippen LogP contribution in [0.15, 0.2) is 11.8 Å². The summed E-state index contributed by atoms with van der Waals surface area (Å²) in [5.41, 5.74) is 0.794. The van der Waals surface area contributed by atoms with Gasteiger partial charge in [-0.1, -0.05) is 71.1 Å². The monoisotopic (exact) mass is 425 g/mol. The van der Waals surface area contributed by atoms with Gasteiger partial charge in [0.05, 0.1) is 6.61 Å². The van der Waals surface area contributed by atoms with Crippen molar-refractivity contribution in [2.24, 2.45) is 0 Å². The number of hydrogen-bond acceptors (Lipinski definition) is 5. The molecule has 0 bridgehead atoms. The summed E-state index contributed by atoms with van der Waals surface area (Å²) in [4.78, 5) is 11.6. The second-order valence-electron chi connectivity index (χ2n) is 8.71. The van der Waals surface area contributed by atoms with Crippen molar-refractivity contribution in [3.63, 3.8) is 0 Å². The molecular weight excluding hydrogens is 378 g/mol. The van der Waals surface area contributed by atoms with Gasteiger partial charge in [-0.2, -0.15) is 0 Å². The molecule has 1 fully saturated rings. The van der Waals surface area contributed by atoms with Crippen LogP contribution in [0.25, 0.3) is 0 Å². The van der Waals surface area contributed by atoms with E-state index in [1.165, 1.54) is 57.8 Å². The molecule has 0 aromatic rings. The largest absolute Gasteiger partial charge is 0.396 e. The third-order valence-corrected chi connectivity index (χ3v) is 5.71. The van der Waals surface area contributed by atoms with E-state index < -0.39 is 0 Å². The summed E-state index contributed by atoms with van der Waals surface area (Å²) in [6, 6.07) is 0.172. The van der Waals surface area contributed by atoms with Crippen molar-refractivity contribution >= 4 is 5.78 Å². The molecule has 0 saturated carbocycles. The molecule has 176 valence electrons. The molecule has 1 heterocycles. The quantitative estimate of drug-likeness (QED) is 0.207. The van der Waals surface area contributed by atoms with Crippen LogP contribution in [0.2, 0.25) is 0 Å². The summed E-state index contributed by atoms with van der Waals surface area (Å²) in [6.45, 7) is 5.06. The fourth-order valence-corrected chi connectivity index (χ4v) is 3.98. The molecule has 0 spiro atoms. The van der Waals surface area contributed by atoms with Gasteiger partial charge in [0.2, 0.25) is 0 Å². The predicted molar refractivity (Wildman–Crippen MR) is 123 cm³/mol. The Kier molecular flexibility index (Phi) is 17.0. The SMILES string of the molecule is CCCCCCCCCCCC[C@H](CCO)N/C(=C\C(C)=O)COC1CCCCO1. The van der Waals surface area contributed by atoms with Crippen LogP contribution in [-0.2, 0) is 14.3 Å². The van der Waals surface area contributed by atoms with E-state index in [1.807, 2.05) is 0 Å². The van der Waals surface area contributed by atoms with Crippen LogP contribution in [0, 0.1) is 0 Å². The number of ether oxygens (including phenoxy) is 2. The van der Waals surface area contributed by atoms with E-state index in [0.29, 0.717) is 13.0 Å². The number of aliphatic hydroxyl groups is 1. The lowest BCUT2D eigenvalue weighted by molar-refractivity contribution is -0.157. The molecule has 0 radical (unpaired) electrons. The predicted octanol–water partition coefficient (Wildman–Crippen LogP) is 5.65. The first-order valence-corrected chi connectivity index (χ1v) is 12.5. The second kappa shape index (κ2) is 18.8. The van der Waals surface area contributed by atoms with Crippen LogP contribution in [0.5, 0.6) is 0 Å². The first-order chi connectivity index (χ1) is 14.7. The van der Waals surface area contributed by atoms with E-state index in [0.717, 1.165) is 44.4 Å². The Morgan fingerprint density at radius 2 is 1.73 bits per heavy atom. The molecule has 0 aromatic heterocycles. The molecule has 30 heavy (non-hydrogen) atoms. The van der Waals surface area contributed by atoms with E-state index in [9.17, 15) is 9.90 Å². The number of hydrogen-bond donors (Lipinski definition) is 2. The van der Waals surface area contributed by atoms with Crippen molar-refractivity contribution in [2.75, 3.05) is 19.8 Å². The van der Waals surface area contributed by atoms with Crippen molar-refractivity contribution < 1.29 is 19.4 Å². The molecule has 5 heteroatoms. The number of allylic oxidation sites excluding steroid dienone is 1. The van der Waals surface area contributed by atoms with E-state index in [-0.39, 0.29) is 24.7 Å². The molecule has 1 unspecified atom stereocenters. The van der Waals surface area contributed by atoms with Gasteiger partial charge in [0.15, 0.2) is 12.1 Å². The van der Waals surface area contributed by atoms with Crippen molar-refractivity contribution in [3.8, 4) is 0 Å². The number of carbonyl (C=O) groups is 1. The summed E-state index contributed by atoms with van der Waals surface area (Å²) < 4.78 is 11.5. The summed E-state index contributed by atoms with van der Waals surface area (Å²) in [5.74, 6) is 0.00680. The van der Waals surface area contributed by atoms with Gasteiger partial charge in [0, 0.05) is 31.0 Å². The van der Waals surface area contributed by atoms with Gasteiger partial charge in [-0.05, 0) is 39.0 Å². The first-order valence-electron chi connectivity index (χ1n) is 12.5. The van der Waals surface area contributed by atoms with Crippen molar-refractivity contribution in [2.45, 2.75) is 122 Å². The van der Waals surface area contributed by atoms with Gasteiger partial charge in [0.25, 0.3) is 0 Å². The topological polar surface area (TPSA) is 67.8 Å². The third-order valence-electron chi connectivity index (χ3n) is 5.71. The Morgan fingerprint density at radius 1 is 1.07 bits per heavy atom. The van der Waals surface area contributed by atoms with Crippen molar-refractivity contribution in [1.29, 1.82) is 0 Å². The van der Waals surface area contributed by atoms with Crippen LogP contribution >= 0.6 is 0 Å². The van der Waals surface area contributed by atoms with E-state index in [2.05, 4.69) is 12.2 Å². The molecule has 1 rings (SSSR count). The molecular formula is C25H47NO4. The zero-order valence-corrected chi connectivity index (χ0v) is 19.6. The maximum atomic E-state index is 11.6. The number of nitrogens with one attached hydrogen (secondary N) is 1. The molecule has 0 aromatic carbocycles. The summed E-state index contributed by atoms with van der Waals surface area (Å²) >= 11 is 0. The molecule has 5 nitrogen and oxygen atoms in total. The standard InChI is InChI=1S/C25H47NO4/c1-3-4-5-6-7-8-9-10-11-12-15-23(17-18-27)26-24(20-22(2)28)21-30-25-16-13-14-19-29-25/h20,23,25-27H,3-19,21H2,1-2H3/b24-20-/t23-,25?/m1/s1. The van der Waals surface area contributed by atoms with Gasteiger partial charge in [-0.15, -0.1) is 0 Å². The fraction of sp³-hybridized carbons (Fsp3) is 0.880. The number of ketones is 1. The Hall–Kier alpha value is -0.910. The van der Waals surface area contributed by atoms with Gasteiger partial charge in [0.1, 0.15) is 0 Å². The van der Waals surface area contributed by atoms with Crippen molar-refractivity contribution in [3.05, 3.63) is 11.8 Å². The highest BCUT2D eigenvalue weighted by atomic mass is 16.7. The van der Waals surface area contributed by atoms with Crippen LogP contribution in [0.3, 0.4) is 0 Å². The molecule has 2 atom stereocenters. The lowest BCUT2D eigenvalue weighted by Gasteiger charge is -2.25. The Bertz CT molecular complexity index is 446. The van der Waals surface area contributed by atoms with Crippen LogP contribution in [-0.4, -0.2) is 43.0 Å². The van der Waals surface area contributed by atoms with E-state index >= 15 is 0 Å². The zero-order valence-electron chi connectivity index (χ0n) is 19.6. The average molecular weight is 426 g/mol. The van der Waals surface area contributed by atoms with E-state index in [4.69, 9.17) is 9.47 Å². The zero-order chi connectivity index (χ0) is 21.9. The molecule has 1 aliphatic rings. The maximum Gasteiger partial charge on any atom is 0.158 e. The number of unbranched alkanes of at least 4 members (excludes halogenated alkanes) is 9. The second-order valence-corrected chi connectivity index (χ2v) is 8.71. The molecule has 2 N–H and O–H groups in total. The summed E-state index contributed by atoms with van der Waals surface area (Å²) in [6.07, 6.45) is 19.4. The van der Waals surface area contributed by atoms with Crippen LogP contribution in [0.1, 0.15) is 110 Å². The number of aliphatic hydroxyl groups excluding tert-OH is 1. The number of rotatable bonds is 19. The van der Waals surface area contributed by atoms with Gasteiger partial charge in [-0.3, -0.25) is 4.79 Å². The summed E-state index contributed by atoms with van der Waals surface area (Å²) in [5, 5.41) is 12.9. The van der Waals surface area contributed by atoms with Crippen molar-refractivity contribution in [1.82, 2.24) is 5.32 Å². The minimum atomic E-state index is -0.172. The minimum absolute atomic E-state index is 0.00680. The van der Waals surface area contributed by atoms with Gasteiger partial charge in [-0.25, -0.2) is 0 Å². The Labute approximate surface area is 185 Å².